The zero-order valence-corrected chi connectivity index (χ0v) is 18.9. The number of piperidine rings is 1. The molecule has 1 aromatic heterocycles. The fourth-order valence-electron chi connectivity index (χ4n) is 4.43. The van der Waals surface area contributed by atoms with E-state index in [0.717, 1.165) is 6.54 Å². The first kappa shape index (κ1) is 18.9. The Bertz CT molecular complexity index is 909. The molecule has 0 saturated carbocycles. The van der Waals surface area contributed by atoms with Crippen molar-refractivity contribution in [3.05, 3.63) is 65.7 Å². The summed E-state index contributed by atoms with van der Waals surface area (Å²) in [6.07, 6.45) is 1.27. The van der Waals surface area contributed by atoms with Gasteiger partial charge in [0.15, 0.2) is 0 Å². The molecule has 27 heavy (non-hydrogen) atoms. The monoisotopic (exact) mass is 393 g/mol. The van der Waals surface area contributed by atoms with Crippen LogP contribution in [0.4, 0.5) is 0 Å². The smallest absolute Gasteiger partial charge is 0.0904 e. The maximum Gasteiger partial charge on any atom is 0.0904 e. The van der Waals surface area contributed by atoms with Gasteiger partial charge in [0.05, 0.1) is 8.07 Å². The van der Waals surface area contributed by atoms with E-state index >= 15 is 0 Å². The molecule has 142 valence electrons. The Balaban J connectivity index is 1.55. The van der Waals surface area contributed by atoms with E-state index in [1.807, 2.05) is 0 Å². The number of likely N-dealkylation sites (tertiary alicyclic amines) is 1. The minimum absolute atomic E-state index is 0.689. The van der Waals surface area contributed by atoms with Gasteiger partial charge in [0.2, 0.25) is 0 Å². The molecule has 0 N–H and O–H groups in total. The normalized spacial score (nSPS) is 21.6. The Labute approximate surface area is 169 Å². The number of thiophene rings is 1. The molecule has 1 nitrogen and oxygen atoms in total. The van der Waals surface area contributed by atoms with Crippen LogP contribution in [0.2, 0.25) is 19.6 Å². The van der Waals surface area contributed by atoms with Crippen molar-refractivity contribution in [1.82, 2.24) is 4.90 Å². The van der Waals surface area contributed by atoms with E-state index in [9.17, 15) is 0 Å². The van der Waals surface area contributed by atoms with Gasteiger partial charge >= 0.3 is 0 Å². The summed E-state index contributed by atoms with van der Waals surface area (Å²) in [5, 5.41) is 1.47. The summed E-state index contributed by atoms with van der Waals surface area (Å²) in [4.78, 5) is 2.64. The summed E-state index contributed by atoms with van der Waals surface area (Å²) >= 11 is 2.08. The van der Waals surface area contributed by atoms with E-state index in [1.54, 1.807) is 14.8 Å². The van der Waals surface area contributed by atoms with Gasteiger partial charge in [0, 0.05) is 17.8 Å². The molecular formula is C24H31NSSi. The SMILES string of the molecule is C[C@@H]1CN(Cc2ccccc2)CC[C@@H]1c1cccc2cc([Si](C)(C)C)sc12. The van der Waals surface area contributed by atoms with Crippen LogP contribution in [0, 0.1) is 5.92 Å². The largest absolute Gasteiger partial charge is 0.299 e. The van der Waals surface area contributed by atoms with Gasteiger partial charge in [-0.15, -0.1) is 11.3 Å². The van der Waals surface area contributed by atoms with Crippen LogP contribution in [0.3, 0.4) is 0 Å². The molecule has 0 bridgehead atoms. The quantitative estimate of drug-likeness (QED) is 0.486. The third-order valence-electron chi connectivity index (χ3n) is 5.95. The van der Waals surface area contributed by atoms with Gasteiger partial charge in [0.25, 0.3) is 0 Å². The summed E-state index contributed by atoms with van der Waals surface area (Å²) in [5.74, 6) is 1.39. The van der Waals surface area contributed by atoms with Crippen molar-refractivity contribution < 1.29 is 0 Å². The van der Waals surface area contributed by atoms with Crippen LogP contribution in [-0.2, 0) is 6.54 Å². The number of benzene rings is 2. The lowest BCUT2D eigenvalue weighted by atomic mass is 9.81. The van der Waals surface area contributed by atoms with Gasteiger partial charge in [-0.05, 0) is 51.9 Å². The first-order valence-corrected chi connectivity index (χ1v) is 14.5. The van der Waals surface area contributed by atoms with Crippen LogP contribution in [-0.4, -0.2) is 26.1 Å². The Morgan fingerprint density at radius 3 is 2.52 bits per heavy atom. The first-order valence-electron chi connectivity index (χ1n) is 10.2. The number of nitrogens with zero attached hydrogens (tertiary/aromatic N) is 1. The van der Waals surface area contributed by atoms with Gasteiger partial charge in [-0.3, -0.25) is 4.90 Å². The van der Waals surface area contributed by atoms with Crippen molar-refractivity contribution in [2.24, 2.45) is 5.92 Å². The van der Waals surface area contributed by atoms with Crippen molar-refractivity contribution in [2.45, 2.75) is 45.4 Å². The summed E-state index contributed by atoms with van der Waals surface area (Å²) in [6, 6.07) is 20.4. The minimum Gasteiger partial charge on any atom is -0.299 e. The lowest BCUT2D eigenvalue weighted by Gasteiger charge is -2.37. The van der Waals surface area contributed by atoms with Crippen LogP contribution >= 0.6 is 11.3 Å². The average molecular weight is 394 g/mol. The highest BCUT2D eigenvalue weighted by atomic mass is 32.1. The first-order chi connectivity index (χ1) is 12.9. The number of rotatable bonds is 4. The molecule has 1 saturated heterocycles. The highest BCUT2D eigenvalue weighted by Gasteiger charge is 2.29. The Morgan fingerprint density at radius 2 is 1.81 bits per heavy atom. The van der Waals surface area contributed by atoms with E-state index in [0.29, 0.717) is 11.8 Å². The molecule has 3 heteroatoms. The molecule has 3 aromatic rings. The maximum absolute atomic E-state index is 2.64. The highest BCUT2D eigenvalue weighted by Crippen LogP contribution is 2.38. The van der Waals surface area contributed by atoms with Crippen LogP contribution < -0.4 is 4.50 Å². The molecule has 0 amide bonds. The average Bonchev–Trinajstić information content (AvgIpc) is 3.08. The van der Waals surface area contributed by atoms with Crippen molar-refractivity contribution >= 4 is 34.0 Å². The molecule has 0 spiro atoms. The predicted molar refractivity (Wildman–Crippen MR) is 123 cm³/mol. The molecule has 2 heterocycles. The molecular weight excluding hydrogens is 362 g/mol. The van der Waals surface area contributed by atoms with Crippen molar-refractivity contribution in [3.63, 3.8) is 0 Å². The fourth-order valence-corrected chi connectivity index (χ4v) is 7.53. The van der Waals surface area contributed by atoms with Gasteiger partial charge in [-0.25, -0.2) is 0 Å². The van der Waals surface area contributed by atoms with E-state index in [2.05, 4.69) is 97.4 Å². The van der Waals surface area contributed by atoms with Gasteiger partial charge in [0.1, 0.15) is 0 Å². The van der Waals surface area contributed by atoms with Gasteiger partial charge in [-0.2, -0.15) is 0 Å². The molecule has 4 rings (SSSR count). The minimum atomic E-state index is -1.25. The van der Waals surface area contributed by atoms with E-state index < -0.39 is 8.07 Å². The summed E-state index contributed by atoms with van der Waals surface area (Å²) < 4.78 is 3.20. The number of fused-ring (bicyclic) bond motifs is 1. The Kier molecular flexibility index (Phi) is 5.28. The molecule has 1 aliphatic heterocycles. The Hall–Kier alpha value is -1.42. The molecule has 1 fully saturated rings. The molecule has 0 radical (unpaired) electrons. The second-order valence-corrected chi connectivity index (χ2v) is 15.7. The summed E-state index contributed by atoms with van der Waals surface area (Å²) in [6.45, 7) is 13.3. The highest BCUT2D eigenvalue weighted by molar-refractivity contribution is 7.31. The molecule has 2 atom stereocenters. The van der Waals surface area contributed by atoms with Gasteiger partial charge < -0.3 is 0 Å². The second-order valence-electron chi connectivity index (χ2n) is 9.22. The standard InChI is InChI=1S/C24H31NSSi/c1-18-16-25(17-19-9-6-5-7-10-19)14-13-21(18)22-12-8-11-20-15-23(26-24(20)22)27(2,3)4/h5-12,15,18,21H,13-14,16-17H2,1-4H3/t18-,21+/m1/s1. The summed E-state index contributed by atoms with van der Waals surface area (Å²) in [7, 11) is -1.25. The summed E-state index contributed by atoms with van der Waals surface area (Å²) in [5.41, 5.74) is 3.04. The molecule has 0 unspecified atom stereocenters. The predicted octanol–water partition coefficient (Wildman–Crippen LogP) is 6.07. The van der Waals surface area contributed by atoms with Crippen molar-refractivity contribution in [3.8, 4) is 0 Å². The van der Waals surface area contributed by atoms with Crippen molar-refractivity contribution in [1.29, 1.82) is 0 Å². The second kappa shape index (κ2) is 7.54. The van der Waals surface area contributed by atoms with Crippen LogP contribution in [0.15, 0.2) is 54.6 Å². The molecule has 1 aliphatic rings. The maximum atomic E-state index is 2.64. The topological polar surface area (TPSA) is 3.24 Å². The Morgan fingerprint density at radius 1 is 1.04 bits per heavy atom. The van der Waals surface area contributed by atoms with Gasteiger partial charge in [-0.1, -0.05) is 75.1 Å². The van der Waals surface area contributed by atoms with Crippen LogP contribution in [0.25, 0.3) is 10.1 Å². The number of hydrogen-bond donors (Lipinski definition) is 0. The molecule has 0 aliphatic carbocycles. The van der Waals surface area contributed by atoms with E-state index in [4.69, 9.17) is 0 Å². The third-order valence-corrected chi connectivity index (χ3v) is 10.7. The fraction of sp³-hybridized carbons (Fsp3) is 0.417. The lowest BCUT2D eigenvalue weighted by molar-refractivity contribution is 0.156. The third kappa shape index (κ3) is 4.06. The zero-order valence-electron chi connectivity index (χ0n) is 17.0. The van der Waals surface area contributed by atoms with Crippen LogP contribution in [0.1, 0.15) is 30.4 Å². The van der Waals surface area contributed by atoms with Crippen molar-refractivity contribution in [2.75, 3.05) is 13.1 Å². The molecule has 2 aromatic carbocycles. The van der Waals surface area contributed by atoms with Crippen LogP contribution in [0.5, 0.6) is 0 Å². The van der Waals surface area contributed by atoms with E-state index in [-0.39, 0.29) is 0 Å². The zero-order chi connectivity index (χ0) is 19.0. The van der Waals surface area contributed by atoms with E-state index in [1.165, 1.54) is 30.5 Å². The number of hydrogen-bond acceptors (Lipinski definition) is 2. The lowest BCUT2D eigenvalue weighted by Crippen LogP contribution is -2.37.